The van der Waals surface area contributed by atoms with Gasteiger partial charge in [-0.2, -0.15) is 0 Å². The van der Waals surface area contributed by atoms with Crippen molar-refractivity contribution < 1.29 is 24.0 Å². The van der Waals surface area contributed by atoms with Crippen LogP contribution in [0.1, 0.15) is 30.9 Å². The number of hydrogen-bond donors (Lipinski definition) is 0. The highest BCUT2D eigenvalue weighted by Crippen LogP contribution is 2.34. The Hall–Kier alpha value is -3.92. The van der Waals surface area contributed by atoms with Gasteiger partial charge in [0.05, 0.1) is 16.4 Å². The molecule has 10 heteroatoms. The van der Waals surface area contributed by atoms with Crippen LogP contribution < -0.4 is 0 Å². The average molecular weight is 494 g/mol. The van der Waals surface area contributed by atoms with Gasteiger partial charge in [-0.25, -0.2) is 0 Å². The first-order valence-electron chi connectivity index (χ1n) is 11.1. The Labute approximate surface area is 205 Å². The number of para-hydroxylation sites is 1. The van der Waals surface area contributed by atoms with E-state index in [1.807, 2.05) is 42.0 Å². The lowest BCUT2D eigenvalue weighted by atomic mass is 10.1. The topological polar surface area (TPSA) is 112 Å². The van der Waals surface area contributed by atoms with Crippen molar-refractivity contribution in [1.82, 2.24) is 9.47 Å². The molecule has 0 unspecified atom stereocenters. The van der Waals surface area contributed by atoms with Crippen LogP contribution >= 0.6 is 11.8 Å². The summed E-state index contributed by atoms with van der Waals surface area (Å²) in [7, 11) is 0. The van der Waals surface area contributed by atoms with Crippen molar-refractivity contribution in [3.8, 4) is 0 Å². The van der Waals surface area contributed by atoms with E-state index in [-0.39, 0.29) is 17.2 Å². The van der Waals surface area contributed by atoms with Crippen molar-refractivity contribution in [2.45, 2.75) is 26.3 Å². The fourth-order valence-electron chi connectivity index (χ4n) is 3.72. The van der Waals surface area contributed by atoms with E-state index in [4.69, 9.17) is 4.74 Å². The Bertz CT molecular complexity index is 1330. The maximum atomic E-state index is 12.9. The number of fused-ring (bicyclic) bond motifs is 1. The number of carbonyl (C=O) groups excluding carboxylic acids is 3. The van der Waals surface area contributed by atoms with Gasteiger partial charge in [0.2, 0.25) is 0 Å². The van der Waals surface area contributed by atoms with Crippen molar-refractivity contribution in [2.75, 3.05) is 13.2 Å². The number of rotatable bonds is 9. The highest BCUT2D eigenvalue weighted by molar-refractivity contribution is 8.18. The van der Waals surface area contributed by atoms with Gasteiger partial charge in [0.25, 0.3) is 16.8 Å². The molecule has 1 saturated heterocycles. The summed E-state index contributed by atoms with van der Waals surface area (Å²) in [5.41, 5.74) is 2.57. The van der Waals surface area contributed by atoms with E-state index in [0.29, 0.717) is 6.54 Å². The number of nitro groups is 1. The molecular weight excluding hydrogens is 470 g/mol. The van der Waals surface area contributed by atoms with Crippen LogP contribution in [0.4, 0.5) is 10.5 Å². The molecule has 2 heterocycles. The van der Waals surface area contributed by atoms with Crippen LogP contribution in [0.15, 0.2) is 59.6 Å². The molecule has 2 aromatic carbocycles. The third-order valence-corrected chi connectivity index (χ3v) is 6.44. The number of unbranched alkanes of at least 4 members (excludes halogenated alkanes) is 1. The number of esters is 1. The first-order valence-corrected chi connectivity index (χ1v) is 11.9. The van der Waals surface area contributed by atoms with Crippen LogP contribution in [0, 0.1) is 10.1 Å². The van der Waals surface area contributed by atoms with E-state index < -0.39 is 28.6 Å². The summed E-state index contributed by atoms with van der Waals surface area (Å²) in [5.74, 6) is -1.14. The number of non-ortho nitro benzene ring substituents is 1. The summed E-state index contributed by atoms with van der Waals surface area (Å²) in [5, 5.41) is 11.3. The van der Waals surface area contributed by atoms with Crippen LogP contribution in [-0.2, 0) is 20.9 Å². The predicted molar refractivity (Wildman–Crippen MR) is 133 cm³/mol. The molecule has 1 aliphatic rings. The smallest absolute Gasteiger partial charge is 0.326 e. The molecule has 0 radical (unpaired) electrons. The van der Waals surface area contributed by atoms with Crippen LogP contribution in [0.25, 0.3) is 17.0 Å². The maximum Gasteiger partial charge on any atom is 0.326 e. The van der Waals surface area contributed by atoms with E-state index >= 15 is 0 Å². The molecular formula is C25H23N3O6S. The monoisotopic (exact) mass is 493 g/mol. The predicted octanol–water partition coefficient (Wildman–Crippen LogP) is 4.98. The number of hydrogen-bond acceptors (Lipinski definition) is 7. The number of nitro benzene ring substituents is 1. The van der Waals surface area contributed by atoms with Gasteiger partial charge in [0.15, 0.2) is 0 Å². The standard InChI is InChI=1S/C25H23N3O6S/c1-2-3-12-34-23(29)16-27-24(30)22(35-25(27)31)13-18-15-26(21-7-5-4-6-20(18)21)14-17-8-10-19(11-9-17)28(32)33/h4-11,13,15H,2-3,12,14,16H2,1H3/b22-13-. The molecule has 0 atom stereocenters. The minimum absolute atomic E-state index is 0.0248. The molecule has 0 saturated carbocycles. The average Bonchev–Trinajstić information content (AvgIpc) is 3.31. The molecule has 2 amide bonds. The van der Waals surface area contributed by atoms with Gasteiger partial charge in [0.1, 0.15) is 6.54 Å². The summed E-state index contributed by atoms with van der Waals surface area (Å²) in [6, 6.07) is 14.0. The lowest BCUT2D eigenvalue weighted by molar-refractivity contribution is -0.384. The van der Waals surface area contributed by atoms with Gasteiger partial charge in [-0.15, -0.1) is 0 Å². The van der Waals surface area contributed by atoms with E-state index in [1.54, 1.807) is 18.2 Å². The number of amides is 2. The molecule has 1 fully saturated rings. The summed E-state index contributed by atoms with van der Waals surface area (Å²) >= 11 is 0.791. The highest BCUT2D eigenvalue weighted by atomic mass is 32.2. The van der Waals surface area contributed by atoms with Gasteiger partial charge in [-0.05, 0) is 35.9 Å². The second kappa shape index (κ2) is 10.6. The number of carbonyl (C=O) groups is 3. The molecule has 0 spiro atoms. The summed E-state index contributed by atoms with van der Waals surface area (Å²) in [4.78, 5) is 48.9. The molecule has 180 valence electrons. The Morgan fingerprint density at radius 1 is 1.14 bits per heavy atom. The number of aromatic nitrogens is 1. The molecule has 1 aromatic heterocycles. The zero-order valence-corrected chi connectivity index (χ0v) is 19.8. The van der Waals surface area contributed by atoms with E-state index in [1.165, 1.54) is 12.1 Å². The number of nitrogens with zero attached hydrogens (tertiary/aromatic N) is 3. The third kappa shape index (κ3) is 5.43. The molecule has 0 N–H and O–H groups in total. The molecule has 0 bridgehead atoms. The second-order valence-electron chi connectivity index (χ2n) is 7.99. The summed E-state index contributed by atoms with van der Waals surface area (Å²) < 4.78 is 7.06. The summed E-state index contributed by atoms with van der Waals surface area (Å²) in [6.07, 6.45) is 5.12. The fourth-order valence-corrected chi connectivity index (χ4v) is 4.55. The van der Waals surface area contributed by atoms with Gasteiger partial charge in [-0.3, -0.25) is 29.4 Å². The van der Waals surface area contributed by atoms with Crippen molar-refractivity contribution in [2.24, 2.45) is 0 Å². The van der Waals surface area contributed by atoms with Crippen LogP contribution in [0.3, 0.4) is 0 Å². The SMILES string of the molecule is CCCCOC(=O)CN1C(=O)S/C(=C\c2cn(Cc3ccc([N+](=O)[O-])cc3)c3ccccc23)C1=O. The zero-order valence-electron chi connectivity index (χ0n) is 19.0. The number of ether oxygens (including phenoxy) is 1. The van der Waals surface area contributed by atoms with Gasteiger partial charge < -0.3 is 9.30 Å². The van der Waals surface area contributed by atoms with E-state index in [2.05, 4.69) is 0 Å². The first-order chi connectivity index (χ1) is 16.9. The lowest BCUT2D eigenvalue weighted by Gasteiger charge is -2.11. The van der Waals surface area contributed by atoms with Crippen LogP contribution in [0.5, 0.6) is 0 Å². The molecule has 9 nitrogen and oxygen atoms in total. The van der Waals surface area contributed by atoms with Crippen LogP contribution in [0.2, 0.25) is 0 Å². The third-order valence-electron chi connectivity index (χ3n) is 5.53. The number of benzene rings is 2. The second-order valence-corrected chi connectivity index (χ2v) is 8.99. The fraction of sp³-hybridized carbons (Fsp3) is 0.240. The number of imide groups is 1. The van der Waals surface area contributed by atoms with Gasteiger partial charge >= 0.3 is 5.97 Å². The van der Waals surface area contributed by atoms with Crippen LogP contribution in [-0.4, -0.2) is 44.7 Å². The minimum Gasteiger partial charge on any atom is -0.464 e. The Morgan fingerprint density at radius 2 is 1.89 bits per heavy atom. The van der Waals surface area contributed by atoms with Crippen molar-refractivity contribution >= 4 is 51.5 Å². The van der Waals surface area contributed by atoms with Crippen molar-refractivity contribution in [3.63, 3.8) is 0 Å². The number of thioether (sulfide) groups is 1. The maximum absolute atomic E-state index is 12.9. The lowest BCUT2D eigenvalue weighted by Crippen LogP contribution is -2.34. The Balaban J connectivity index is 1.57. The molecule has 35 heavy (non-hydrogen) atoms. The van der Waals surface area contributed by atoms with Gasteiger partial charge in [0, 0.05) is 41.3 Å². The summed E-state index contributed by atoms with van der Waals surface area (Å²) in [6.45, 7) is 2.29. The Kier molecular flexibility index (Phi) is 7.31. The normalized spacial score (nSPS) is 14.8. The first kappa shape index (κ1) is 24.2. The van der Waals surface area contributed by atoms with Crippen molar-refractivity contribution in [1.29, 1.82) is 0 Å². The van der Waals surface area contributed by atoms with E-state index in [0.717, 1.165) is 51.5 Å². The molecule has 4 rings (SSSR count). The zero-order chi connectivity index (χ0) is 24.9. The molecule has 0 aliphatic carbocycles. The Morgan fingerprint density at radius 3 is 2.60 bits per heavy atom. The molecule has 3 aromatic rings. The largest absolute Gasteiger partial charge is 0.464 e. The highest BCUT2D eigenvalue weighted by Gasteiger charge is 2.36. The van der Waals surface area contributed by atoms with Gasteiger partial charge in [-0.1, -0.05) is 43.7 Å². The quantitative estimate of drug-likeness (QED) is 0.136. The van der Waals surface area contributed by atoms with Crippen molar-refractivity contribution in [3.05, 3.63) is 80.9 Å². The molecule has 1 aliphatic heterocycles. The van der Waals surface area contributed by atoms with E-state index in [9.17, 15) is 24.5 Å². The minimum atomic E-state index is -0.610.